The summed E-state index contributed by atoms with van der Waals surface area (Å²) < 4.78 is 43.9. The first-order valence-corrected chi connectivity index (χ1v) is 13.8. The lowest BCUT2D eigenvalue weighted by Crippen LogP contribution is -2.48. The first kappa shape index (κ1) is 25.8. The van der Waals surface area contributed by atoms with Crippen molar-refractivity contribution >= 4 is 49.7 Å². The molecule has 0 atom stereocenters. The normalized spacial score (nSPS) is 14.7. The maximum atomic E-state index is 13.1. The number of halogens is 2. The molecular formula is C23H25Cl2N3O5S2. The molecule has 2 heterocycles. The zero-order valence-electron chi connectivity index (χ0n) is 19.5. The van der Waals surface area contributed by atoms with Crippen LogP contribution in [-0.4, -0.2) is 65.2 Å². The van der Waals surface area contributed by atoms with Crippen LogP contribution in [0.4, 0.5) is 5.13 Å². The van der Waals surface area contributed by atoms with E-state index in [-0.39, 0.29) is 9.92 Å². The molecule has 1 fully saturated rings. The minimum absolute atomic E-state index is 0.0296. The van der Waals surface area contributed by atoms with Crippen LogP contribution < -0.4 is 19.1 Å². The van der Waals surface area contributed by atoms with Crippen LogP contribution in [0.5, 0.6) is 17.2 Å². The van der Waals surface area contributed by atoms with Gasteiger partial charge in [-0.05, 0) is 35.9 Å². The van der Waals surface area contributed by atoms with E-state index in [0.717, 1.165) is 16.4 Å². The average molecular weight is 559 g/mol. The number of aromatic nitrogens is 1. The second-order valence-corrected chi connectivity index (χ2v) is 11.4. The van der Waals surface area contributed by atoms with Crippen molar-refractivity contribution in [2.45, 2.75) is 11.3 Å². The van der Waals surface area contributed by atoms with Crippen molar-refractivity contribution in [3.8, 4) is 17.2 Å². The van der Waals surface area contributed by atoms with Crippen molar-refractivity contribution in [1.82, 2.24) is 9.29 Å². The third kappa shape index (κ3) is 5.46. The van der Waals surface area contributed by atoms with Crippen molar-refractivity contribution in [3.05, 3.63) is 57.0 Å². The van der Waals surface area contributed by atoms with Crippen LogP contribution >= 0.6 is 34.5 Å². The maximum Gasteiger partial charge on any atom is 0.244 e. The Kier molecular flexibility index (Phi) is 7.97. The molecule has 1 aliphatic heterocycles. The number of hydrogen-bond acceptors (Lipinski definition) is 8. The zero-order chi connectivity index (χ0) is 25.2. The Morgan fingerprint density at radius 1 is 0.971 bits per heavy atom. The van der Waals surface area contributed by atoms with Crippen molar-refractivity contribution in [2.75, 3.05) is 52.4 Å². The van der Waals surface area contributed by atoms with E-state index in [1.165, 1.54) is 27.8 Å². The number of benzene rings is 2. The molecule has 0 aliphatic carbocycles. The number of anilines is 1. The van der Waals surface area contributed by atoms with Gasteiger partial charge in [0.05, 0.1) is 32.0 Å². The Morgan fingerprint density at radius 3 is 2.23 bits per heavy atom. The Labute approximate surface area is 219 Å². The minimum Gasteiger partial charge on any atom is -0.493 e. The summed E-state index contributed by atoms with van der Waals surface area (Å²) in [6.45, 7) is 1.70. The summed E-state index contributed by atoms with van der Waals surface area (Å²) in [6.07, 6.45) is 0.592. The van der Waals surface area contributed by atoms with Crippen LogP contribution in [0, 0.1) is 0 Å². The molecule has 0 unspecified atom stereocenters. The topological polar surface area (TPSA) is 81.2 Å². The quantitative estimate of drug-likeness (QED) is 0.401. The Morgan fingerprint density at radius 2 is 1.63 bits per heavy atom. The maximum absolute atomic E-state index is 13.1. The monoisotopic (exact) mass is 557 g/mol. The Hall–Kier alpha value is -2.24. The van der Waals surface area contributed by atoms with E-state index >= 15 is 0 Å². The van der Waals surface area contributed by atoms with Crippen molar-refractivity contribution < 1.29 is 22.6 Å². The lowest BCUT2D eigenvalue weighted by atomic mass is 10.1. The van der Waals surface area contributed by atoms with Gasteiger partial charge in [-0.3, -0.25) is 0 Å². The highest BCUT2D eigenvalue weighted by Crippen LogP contribution is 2.39. The van der Waals surface area contributed by atoms with Gasteiger partial charge in [0.25, 0.3) is 0 Å². The molecule has 188 valence electrons. The predicted octanol–water partition coefficient (Wildman–Crippen LogP) is 4.58. The number of methoxy groups -OCH3 is 3. The van der Waals surface area contributed by atoms with Crippen LogP contribution in [0.15, 0.2) is 40.6 Å². The van der Waals surface area contributed by atoms with E-state index in [1.807, 2.05) is 17.5 Å². The van der Waals surface area contributed by atoms with E-state index in [4.69, 9.17) is 42.4 Å². The second-order valence-electron chi connectivity index (χ2n) is 7.80. The van der Waals surface area contributed by atoms with Crippen LogP contribution in [0.3, 0.4) is 0 Å². The Bertz CT molecular complexity index is 1280. The number of sulfonamides is 1. The number of nitrogens with zero attached hydrogens (tertiary/aromatic N) is 3. The first-order valence-electron chi connectivity index (χ1n) is 10.7. The number of hydrogen-bond donors (Lipinski definition) is 0. The summed E-state index contributed by atoms with van der Waals surface area (Å²) in [5.74, 6) is 1.73. The van der Waals surface area contributed by atoms with Gasteiger partial charge in [0.15, 0.2) is 16.6 Å². The lowest BCUT2D eigenvalue weighted by Gasteiger charge is -2.34. The fraction of sp³-hybridized carbons (Fsp3) is 0.348. The van der Waals surface area contributed by atoms with Gasteiger partial charge in [0.1, 0.15) is 4.90 Å². The number of ether oxygens (including phenoxy) is 3. The van der Waals surface area contributed by atoms with E-state index < -0.39 is 10.0 Å². The van der Waals surface area contributed by atoms with Crippen molar-refractivity contribution in [1.29, 1.82) is 0 Å². The third-order valence-corrected chi connectivity index (χ3v) is 9.24. The summed E-state index contributed by atoms with van der Waals surface area (Å²) in [5.41, 5.74) is 1.88. The fourth-order valence-corrected chi connectivity index (χ4v) is 6.94. The van der Waals surface area contributed by atoms with Gasteiger partial charge in [-0.1, -0.05) is 23.2 Å². The molecule has 0 bridgehead atoms. The molecular weight excluding hydrogens is 533 g/mol. The molecule has 3 aromatic rings. The SMILES string of the molecule is COc1cc(Cc2csc(N3CCN(S(=O)(=O)c4cc(Cl)ccc4Cl)CC3)n2)cc(OC)c1OC. The van der Waals surface area contributed by atoms with Gasteiger partial charge in [-0.25, -0.2) is 13.4 Å². The predicted molar refractivity (Wildman–Crippen MR) is 138 cm³/mol. The molecule has 2 aromatic carbocycles. The largest absolute Gasteiger partial charge is 0.493 e. The molecule has 4 rings (SSSR count). The minimum atomic E-state index is -3.74. The van der Waals surface area contributed by atoms with E-state index in [1.54, 1.807) is 27.4 Å². The average Bonchev–Trinajstić information content (AvgIpc) is 3.33. The molecule has 8 nitrogen and oxygen atoms in total. The number of rotatable bonds is 8. The molecule has 1 aliphatic rings. The van der Waals surface area contributed by atoms with Crippen molar-refractivity contribution in [3.63, 3.8) is 0 Å². The Balaban J connectivity index is 1.44. The molecule has 35 heavy (non-hydrogen) atoms. The highest BCUT2D eigenvalue weighted by atomic mass is 35.5. The van der Waals surface area contributed by atoms with E-state index in [9.17, 15) is 8.42 Å². The molecule has 1 aromatic heterocycles. The fourth-order valence-electron chi connectivity index (χ4n) is 3.90. The van der Waals surface area contributed by atoms with Crippen LogP contribution in [0.2, 0.25) is 10.0 Å². The van der Waals surface area contributed by atoms with Crippen LogP contribution in [0.25, 0.3) is 0 Å². The highest BCUT2D eigenvalue weighted by molar-refractivity contribution is 7.89. The lowest BCUT2D eigenvalue weighted by molar-refractivity contribution is 0.324. The first-order chi connectivity index (χ1) is 16.8. The molecule has 1 saturated heterocycles. The van der Waals surface area contributed by atoms with Crippen LogP contribution in [-0.2, 0) is 16.4 Å². The highest BCUT2D eigenvalue weighted by Gasteiger charge is 2.31. The third-order valence-electron chi connectivity index (χ3n) is 5.67. The molecule has 0 spiro atoms. The van der Waals surface area contributed by atoms with Crippen molar-refractivity contribution in [2.24, 2.45) is 0 Å². The van der Waals surface area contributed by atoms with Gasteiger partial charge in [0, 0.05) is 43.0 Å². The second kappa shape index (κ2) is 10.8. The molecule has 0 amide bonds. The zero-order valence-corrected chi connectivity index (χ0v) is 22.6. The smallest absolute Gasteiger partial charge is 0.244 e. The number of piperazine rings is 1. The van der Waals surface area contributed by atoms with Crippen LogP contribution in [0.1, 0.15) is 11.3 Å². The van der Waals surface area contributed by atoms with Gasteiger partial charge in [-0.15, -0.1) is 11.3 Å². The van der Waals surface area contributed by atoms with Gasteiger partial charge < -0.3 is 19.1 Å². The molecule has 12 heteroatoms. The molecule has 0 N–H and O–H groups in total. The van der Waals surface area contributed by atoms with Gasteiger partial charge in [-0.2, -0.15) is 4.31 Å². The summed E-state index contributed by atoms with van der Waals surface area (Å²) in [6, 6.07) is 8.27. The molecule has 0 radical (unpaired) electrons. The summed E-state index contributed by atoms with van der Waals surface area (Å²) in [4.78, 5) is 6.90. The number of thiazole rings is 1. The standard InChI is InChI=1S/C23H25Cl2N3O5S2/c1-31-19-11-15(12-20(32-2)22(19)33-3)10-17-14-34-23(26-17)27-6-8-28(9-7-27)35(29,30)21-13-16(24)4-5-18(21)25/h4-5,11-14H,6-10H2,1-3H3. The van der Waals surface area contributed by atoms with Gasteiger partial charge >= 0.3 is 0 Å². The van der Waals surface area contributed by atoms with Gasteiger partial charge in [0.2, 0.25) is 15.8 Å². The molecule has 0 saturated carbocycles. The van der Waals surface area contributed by atoms with E-state index in [0.29, 0.717) is 54.9 Å². The van der Waals surface area contributed by atoms with E-state index in [2.05, 4.69) is 4.90 Å². The summed E-state index contributed by atoms with van der Waals surface area (Å²) >= 11 is 13.7. The summed E-state index contributed by atoms with van der Waals surface area (Å²) in [5, 5.41) is 3.35. The summed E-state index contributed by atoms with van der Waals surface area (Å²) in [7, 11) is 1.01.